The molecule has 0 radical (unpaired) electrons. The van der Waals surface area contributed by atoms with E-state index in [4.69, 9.17) is 13.9 Å². The first-order valence-electron chi connectivity index (χ1n) is 9.43. The molecule has 4 rings (SSSR count). The number of ether oxygens (including phenoxy) is 2. The van der Waals surface area contributed by atoms with Crippen molar-refractivity contribution in [2.75, 3.05) is 26.3 Å². The van der Waals surface area contributed by atoms with Crippen molar-refractivity contribution < 1.29 is 23.9 Å². The molecule has 2 aromatic carbocycles. The number of rotatable bonds is 4. The molecule has 146 valence electrons. The molecule has 0 aliphatic carbocycles. The van der Waals surface area contributed by atoms with Crippen molar-refractivity contribution in [2.24, 2.45) is 0 Å². The molecule has 0 unspecified atom stereocenters. The predicted octanol–water partition coefficient (Wildman–Crippen LogP) is 1.69. The summed E-state index contributed by atoms with van der Waals surface area (Å²) in [6, 6.07) is 8.73. The fourth-order valence-electron chi connectivity index (χ4n) is 3.67. The number of nitrogens with one attached hydrogen (secondary N) is 1. The summed E-state index contributed by atoms with van der Waals surface area (Å²) in [7, 11) is 0. The summed E-state index contributed by atoms with van der Waals surface area (Å²) >= 11 is 0. The average molecular weight is 381 g/mol. The van der Waals surface area contributed by atoms with Crippen molar-refractivity contribution >= 4 is 11.0 Å². The summed E-state index contributed by atoms with van der Waals surface area (Å²) in [6.07, 6.45) is 1.31. The maximum absolute atomic E-state index is 12.9. The second kappa shape index (κ2) is 7.66. The molecule has 3 aromatic rings. The number of hydrogen-bond donors (Lipinski definition) is 1. The Bertz CT molecular complexity index is 1050. The summed E-state index contributed by atoms with van der Waals surface area (Å²) in [6.45, 7) is 7.46. The van der Waals surface area contributed by atoms with Crippen LogP contribution >= 0.6 is 0 Å². The lowest BCUT2D eigenvalue weighted by Gasteiger charge is -2.26. The highest BCUT2D eigenvalue weighted by Crippen LogP contribution is 2.27. The number of hydrogen-bond acceptors (Lipinski definition) is 5. The molecule has 0 spiro atoms. The molecule has 2 heterocycles. The molecule has 0 bridgehead atoms. The number of fused-ring (bicyclic) bond motifs is 1. The van der Waals surface area contributed by atoms with E-state index in [1.54, 1.807) is 0 Å². The lowest BCUT2D eigenvalue weighted by molar-refractivity contribution is -0.921. The van der Waals surface area contributed by atoms with Gasteiger partial charge < -0.3 is 23.9 Å². The van der Waals surface area contributed by atoms with Crippen molar-refractivity contribution in [3.63, 3.8) is 0 Å². The van der Waals surface area contributed by atoms with Crippen LogP contribution in [0.2, 0.25) is 0 Å². The molecule has 28 heavy (non-hydrogen) atoms. The topological polar surface area (TPSA) is 76.2 Å². The third-order valence-corrected chi connectivity index (χ3v) is 5.02. The minimum absolute atomic E-state index is 0.112. The smallest absolute Gasteiger partial charge is 0.235 e. The van der Waals surface area contributed by atoms with Gasteiger partial charge in [0, 0.05) is 5.56 Å². The SMILES string of the molecule is Cc1cc(C)cc(Oc2coc3c(C[NH+]4CCOCC4)c([O-])ccc3c2=O)c1. The molecule has 0 atom stereocenters. The monoisotopic (exact) mass is 381 g/mol. The minimum Gasteiger partial charge on any atom is -0.872 e. The van der Waals surface area contributed by atoms with Gasteiger partial charge in [0.2, 0.25) is 11.2 Å². The summed E-state index contributed by atoms with van der Waals surface area (Å²) in [5.41, 5.74) is 2.70. The maximum Gasteiger partial charge on any atom is 0.235 e. The molecule has 1 fully saturated rings. The molecule has 1 N–H and O–H groups in total. The maximum atomic E-state index is 12.9. The predicted molar refractivity (Wildman–Crippen MR) is 103 cm³/mol. The van der Waals surface area contributed by atoms with Gasteiger partial charge in [-0.25, -0.2) is 0 Å². The second-order valence-electron chi connectivity index (χ2n) is 7.31. The molecule has 0 amide bonds. The van der Waals surface area contributed by atoms with E-state index in [2.05, 4.69) is 0 Å². The van der Waals surface area contributed by atoms with Crippen LogP contribution in [0, 0.1) is 13.8 Å². The van der Waals surface area contributed by atoms with E-state index < -0.39 is 0 Å². The number of quaternary nitrogens is 1. The highest BCUT2D eigenvalue weighted by Gasteiger charge is 2.19. The van der Waals surface area contributed by atoms with Gasteiger partial charge in [-0.1, -0.05) is 17.9 Å². The Morgan fingerprint density at radius 2 is 1.82 bits per heavy atom. The summed E-state index contributed by atoms with van der Waals surface area (Å²) in [4.78, 5) is 14.2. The van der Waals surface area contributed by atoms with Gasteiger partial charge in [-0.3, -0.25) is 4.79 Å². The molecule has 0 saturated carbocycles. The zero-order valence-corrected chi connectivity index (χ0v) is 16.0. The summed E-state index contributed by atoms with van der Waals surface area (Å²) < 4.78 is 16.9. The third-order valence-electron chi connectivity index (χ3n) is 5.02. The van der Waals surface area contributed by atoms with Crippen LogP contribution in [0.5, 0.6) is 17.2 Å². The van der Waals surface area contributed by atoms with Gasteiger partial charge in [0.1, 0.15) is 37.2 Å². The van der Waals surface area contributed by atoms with Gasteiger partial charge in [0.25, 0.3) is 0 Å². The van der Waals surface area contributed by atoms with Gasteiger partial charge in [0.05, 0.1) is 18.6 Å². The summed E-state index contributed by atoms with van der Waals surface area (Å²) in [5, 5.41) is 12.8. The second-order valence-corrected chi connectivity index (χ2v) is 7.31. The van der Waals surface area contributed by atoms with E-state index in [1.165, 1.54) is 23.3 Å². The summed E-state index contributed by atoms with van der Waals surface area (Å²) in [5.74, 6) is 0.584. The Morgan fingerprint density at radius 3 is 2.54 bits per heavy atom. The van der Waals surface area contributed by atoms with Crippen molar-refractivity contribution in [1.29, 1.82) is 0 Å². The van der Waals surface area contributed by atoms with Crippen LogP contribution in [-0.2, 0) is 11.3 Å². The van der Waals surface area contributed by atoms with Gasteiger partial charge in [-0.05, 0) is 43.2 Å². The lowest BCUT2D eigenvalue weighted by Crippen LogP contribution is -3.12. The molecule has 1 aliphatic heterocycles. The molecule has 1 saturated heterocycles. The normalized spacial score (nSPS) is 15.1. The van der Waals surface area contributed by atoms with E-state index in [0.717, 1.165) is 24.2 Å². The quantitative estimate of drug-likeness (QED) is 0.744. The molecular formula is C22H23NO5. The van der Waals surface area contributed by atoms with Crippen LogP contribution in [0.15, 0.2) is 45.8 Å². The third kappa shape index (κ3) is 3.74. The first-order valence-corrected chi connectivity index (χ1v) is 9.43. The van der Waals surface area contributed by atoms with E-state index >= 15 is 0 Å². The Hall–Kier alpha value is -2.83. The van der Waals surface area contributed by atoms with E-state index in [1.807, 2.05) is 32.0 Å². The van der Waals surface area contributed by atoms with E-state index in [-0.39, 0.29) is 16.9 Å². The van der Waals surface area contributed by atoms with E-state index in [0.29, 0.717) is 42.0 Å². The van der Waals surface area contributed by atoms with Crippen LogP contribution in [0.25, 0.3) is 11.0 Å². The van der Waals surface area contributed by atoms with Crippen molar-refractivity contribution in [3.05, 3.63) is 63.5 Å². The molecular weight excluding hydrogens is 358 g/mol. The van der Waals surface area contributed by atoms with Crippen LogP contribution in [0.4, 0.5) is 0 Å². The molecule has 1 aromatic heterocycles. The number of benzene rings is 2. The van der Waals surface area contributed by atoms with Gasteiger partial charge in [-0.15, -0.1) is 0 Å². The fourth-order valence-corrected chi connectivity index (χ4v) is 3.67. The first kappa shape index (κ1) is 18.5. The minimum atomic E-state index is -0.279. The fraction of sp³-hybridized carbons (Fsp3) is 0.318. The zero-order valence-electron chi connectivity index (χ0n) is 16.0. The van der Waals surface area contributed by atoms with Crippen LogP contribution in [-0.4, -0.2) is 26.3 Å². The molecule has 1 aliphatic rings. The Labute approximate surface area is 162 Å². The Balaban J connectivity index is 1.71. The lowest BCUT2D eigenvalue weighted by atomic mass is 10.1. The van der Waals surface area contributed by atoms with Gasteiger partial charge in [0.15, 0.2) is 0 Å². The van der Waals surface area contributed by atoms with Gasteiger partial charge in [-0.2, -0.15) is 0 Å². The van der Waals surface area contributed by atoms with E-state index in [9.17, 15) is 9.90 Å². The van der Waals surface area contributed by atoms with Gasteiger partial charge >= 0.3 is 0 Å². The first-order chi connectivity index (χ1) is 13.5. The van der Waals surface area contributed by atoms with Crippen LogP contribution in [0.1, 0.15) is 16.7 Å². The van der Waals surface area contributed by atoms with Crippen molar-refractivity contribution in [3.8, 4) is 17.2 Å². The highest BCUT2D eigenvalue weighted by atomic mass is 16.5. The number of aryl methyl sites for hydroxylation is 2. The largest absolute Gasteiger partial charge is 0.872 e. The zero-order chi connectivity index (χ0) is 19.7. The van der Waals surface area contributed by atoms with Crippen LogP contribution in [0.3, 0.4) is 0 Å². The molecule has 6 heteroatoms. The highest BCUT2D eigenvalue weighted by molar-refractivity contribution is 5.82. The standard InChI is InChI=1S/C22H23NO5/c1-14-9-15(2)11-16(10-14)28-20-13-27-22-17(21(20)25)3-4-19(24)18(22)12-23-5-7-26-8-6-23/h3-4,9-11,13,24H,5-8,12H2,1-2H3. The number of morpholine rings is 1. The average Bonchev–Trinajstić information content (AvgIpc) is 2.66. The Morgan fingerprint density at radius 1 is 1.11 bits per heavy atom. The van der Waals surface area contributed by atoms with Crippen LogP contribution < -0.4 is 20.2 Å². The van der Waals surface area contributed by atoms with Crippen molar-refractivity contribution in [1.82, 2.24) is 0 Å². The molecule has 6 nitrogen and oxygen atoms in total. The van der Waals surface area contributed by atoms with Crippen molar-refractivity contribution in [2.45, 2.75) is 20.4 Å². The Kier molecular flexibility index (Phi) is 5.07.